The van der Waals surface area contributed by atoms with Crippen molar-refractivity contribution in [3.05, 3.63) is 59.7 Å². The number of fused-ring (bicyclic) bond motifs is 4. The van der Waals surface area contributed by atoms with E-state index >= 15 is 0 Å². The zero-order chi connectivity index (χ0) is 26.3. The van der Waals surface area contributed by atoms with E-state index in [4.69, 9.17) is 9.47 Å². The molecule has 0 spiro atoms. The number of amides is 2. The molecule has 2 amide bonds. The maximum absolute atomic E-state index is 13.3. The van der Waals surface area contributed by atoms with Crippen molar-refractivity contribution in [1.82, 2.24) is 9.80 Å². The van der Waals surface area contributed by atoms with Crippen LogP contribution in [-0.2, 0) is 14.3 Å². The largest absolute Gasteiger partial charge is 0.480 e. The van der Waals surface area contributed by atoms with Crippen molar-refractivity contribution >= 4 is 18.2 Å². The molecular formula is C29H34N2O6. The summed E-state index contributed by atoms with van der Waals surface area (Å²) in [5.41, 5.74) is 3.83. The van der Waals surface area contributed by atoms with Crippen LogP contribution >= 0.6 is 0 Å². The van der Waals surface area contributed by atoms with Gasteiger partial charge in [-0.2, -0.15) is 0 Å². The number of hydrogen-bond donors (Lipinski definition) is 1. The first kappa shape index (κ1) is 25.1. The van der Waals surface area contributed by atoms with Crippen molar-refractivity contribution in [2.24, 2.45) is 11.8 Å². The second-order valence-electron chi connectivity index (χ2n) is 11.2. The van der Waals surface area contributed by atoms with Crippen molar-refractivity contribution in [2.75, 3.05) is 26.2 Å². The van der Waals surface area contributed by atoms with Gasteiger partial charge in [0, 0.05) is 31.5 Å². The van der Waals surface area contributed by atoms with Crippen LogP contribution in [0.5, 0.6) is 0 Å². The van der Waals surface area contributed by atoms with Gasteiger partial charge in [0.2, 0.25) is 0 Å². The fourth-order valence-electron chi connectivity index (χ4n) is 6.11. The van der Waals surface area contributed by atoms with Gasteiger partial charge in [-0.05, 0) is 61.8 Å². The lowest BCUT2D eigenvalue weighted by molar-refractivity contribution is -0.149. The number of carboxylic acids is 1. The maximum Gasteiger partial charge on any atom is 0.410 e. The molecule has 196 valence electrons. The van der Waals surface area contributed by atoms with Gasteiger partial charge in [-0.25, -0.2) is 14.4 Å². The SMILES string of the molecule is CC(C)(C)OC(=O)N1CCC2CCN(C(=O)OCC3c4ccccc4-c4ccccc43)C(C(=O)O)C2C1. The third-order valence-corrected chi connectivity index (χ3v) is 7.76. The van der Waals surface area contributed by atoms with Crippen LogP contribution in [0, 0.1) is 11.8 Å². The molecule has 3 unspecified atom stereocenters. The first-order valence-corrected chi connectivity index (χ1v) is 13.0. The van der Waals surface area contributed by atoms with Crippen molar-refractivity contribution in [1.29, 1.82) is 0 Å². The van der Waals surface area contributed by atoms with Crippen molar-refractivity contribution < 1.29 is 29.0 Å². The normalized spacial score (nSPS) is 23.1. The molecule has 8 nitrogen and oxygen atoms in total. The maximum atomic E-state index is 13.3. The summed E-state index contributed by atoms with van der Waals surface area (Å²) in [5.74, 6) is -1.44. The third-order valence-electron chi connectivity index (χ3n) is 7.76. The summed E-state index contributed by atoms with van der Waals surface area (Å²) in [5, 5.41) is 10.2. The smallest absolute Gasteiger partial charge is 0.410 e. The molecule has 0 radical (unpaired) electrons. The highest BCUT2D eigenvalue weighted by Gasteiger charge is 2.48. The number of likely N-dealkylation sites (tertiary alicyclic amines) is 2. The number of carboxylic acid groups (broad SMARTS) is 1. The molecule has 2 saturated heterocycles. The Morgan fingerprint density at radius 3 is 2.11 bits per heavy atom. The Morgan fingerprint density at radius 1 is 0.919 bits per heavy atom. The van der Waals surface area contributed by atoms with Crippen molar-refractivity contribution in [2.45, 2.75) is 51.2 Å². The monoisotopic (exact) mass is 506 g/mol. The lowest BCUT2D eigenvalue weighted by Gasteiger charge is -2.47. The molecule has 2 aliphatic heterocycles. The average Bonchev–Trinajstić information content (AvgIpc) is 3.18. The van der Waals surface area contributed by atoms with Crippen LogP contribution in [0.3, 0.4) is 0 Å². The topological polar surface area (TPSA) is 96.4 Å². The molecular weight excluding hydrogens is 472 g/mol. The van der Waals surface area contributed by atoms with E-state index in [2.05, 4.69) is 12.1 Å². The molecule has 3 aliphatic rings. The molecule has 2 aromatic carbocycles. The van der Waals surface area contributed by atoms with Gasteiger partial charge >= 0.3 is 18.2 Å². The van der Waals surface area contributed by atoms with Crippen LogP contribution in [0.2, 0.25) is 0 Å². The molecule has 2 aromatic rings. The molecule has 3 atom stereocenters. The summed E-state index contributed by atoms with van der Waals surface area (Å²) < 4.78 is 11.3. The standard InChI is InChI=1S/C29H34N2O6/c1-29(2,3)37-27(34)30-14-12-18-13-15-31(25(26(32)33)23(18)16-30)28(35)36-17-24-21-10-6-4-8-19(21)20-9-5-7-11-22(20)24/h4-11,18,23-25H,12-17H2,1-3H3,(H,32,33). The number of carbonyl (C=O) groups excluding carboxylic acids is 2. The molecule has 37 heavy (non-hydrogen) atoms. The van der Waals surface area contributed by atoms with E-state index in [9.17, 15) is 19.5 Å². The first-order chi connectivity index (χ1) is 17.6. The molecule has 1 aliphatic carbocycles. The first-order valence-electron chi connectivity index (χ1n) is 13.0. The van der Waals surface area contributed by atoms with E-state index in [1.807, 2.05) is 36.4 Å². The molecule has 5 rings (SSSR count). The summed E-state index contributed by atoms with van der Waals surface area (Å²) in [6, 6.07) is 15.1. The van der Waals surface area contributed by atoms with Gasteiger partial charge in [0.05, 0.1) is 0 Å². The fourth-order valence-corrected chi connectivity index (χ4v) is 6.11. The van der Waals surface area contributed by atoms with Gasteiger partial charge in [-0.15, -0.1) is 0 Å². The Balaban J connectivity index is 1.30. The second kappa shape index (κ2) is 9.72. The third kappa shape index (κ3) is 4.89. The summed E-state index contributed by atoms with van der Waals surface area (Å²) in [6.45, 7) is 6.62. The Bertz CT molecular complexity index is 1160. The van der Waals surface area contributed by atoms with Crippen molar-refractivity contribution in [3.63, 3.8) is 0 Å². The molecule has 1 N–H and O–H groups in total. The molecule has 2 fully saturated rings. The van der Waals surface area contributed by atoms with E-state index in [0.717, 1.165) is 22.3 Å². The zero-order valence-electron chi connectivity index (χ0n) is 21.6. The summed E-state index contributed by atoms with van der Waals surface area (Å²) in [6.07, 6.45) is 0.294. The molecule has 8 heteroatoms. The summed E-state index contributed by atoms with van der Waals surface area (Å²) in [7, 11) is 0. The molecule has 0 bridgehead atoms. The minimum atomic E-state index is -1.07. The number of piperidine rings is 2. The number of nitrogens with zero attached hydrogens (tertiary/aromatic N) is 2. The molecule has 0 saturated carbocycles. The number of ether oxygens (including phenoxy) is 2. The summed E-state index contributed by atoms with van der Waals surface area (Å²) in [4.78, 5) is 41.3. The van der Waals surface area contributed by atoms with Crippen LogP contribution in [0.1, 0.15) is 50.7 Å². The van der Waals surface area contributed by atoms with E-state index in [1.54, 1.807) is 25.7 Å². The molecule has 0 aromatic heterocycles. The van der Waals surface area contributed by atoms with Gasteiger partial charge in [0.25, 0.3) is 0 Å². The molecule has 2 heterocycles. The second-order valence-corrected chi connectivity index (χ2v) is 11.2. The van der Waals surface area contributed by atoms with Gasteiger partial charge in [-0.1, -0.05) is 48.5 Å². The van der Waals surface area contributed by atoms with Crippen LogP contribution in [0.25, 0.3) is 11.1 Å². The number of rotatable bonds is 3. The predicted octanol–water partition coefficient (Wildman–Crippen LogP) is 4.97. The van der Waals surface area contributed by atoms with E-state index in [-0.39, 0.29) is 30.9 Å². The minimum Gasteiger partial charge on any atom is -0.480 e. The van der Waals surface area contributed by atoms with Gasteiger partial charge in [0.1, 0.15) is 18.2 Å². The van der Waals surface area contributed by atoms with Gasteiger partial charge in [-0.3, -0.25) is 4.90 Å². The number of carbonyl (C=O) groups is 3. The van der Waals surface area contributed by atoms with Crippen LogP contribution in [-0.4, -0.2) is 70.9 Å². The Morgan fingerprint density at radius 2 is 1.51 bits per heavy atom. The zero-order valence-corrected chi connectivity index (χ0v) is 21.6. The number of aliphatic carboxylic acids is 1. The van der Waals surface area contributed by atoms with Crippen molar-refractivity contribution in [3.8, 4) is 11.1 Å². The number of hydrogen-bond acceptors (Lipinski definition) is 5. The van der Waals surface area contributed by atoms with Gasteiger partial charge < -0.3 is 19.5 Å². The number of benzene rings is 2. The van der Waals surface area contributed by atoms with E-state index in [0.29, 0.717) is 25.9 Å². The lowest BCUT2D eigenvalue weighted by atomic mass is 9.75. The summed E-state index contributed by atoms with van der Waals surface area (Å²) >= 11 is 0. The highest BCUT2D eigenvalue weighted by Crippen LogP contribution is 2.45. The fraction of sp³-hybridized carbons (Fsp3) is 0.483. The van der Waals surface area contributed by atoms with E-state index < -0.39 is 29.8 Å². The van der Waals surface area contributed by atoms with Gasteiger partial charge in [0.15, 0.2) is 0 Å². The van der Waals surface area contributed by atoms with E-state index in [1.165, 1.54) is 4.90 Å². The minimum absolute atomic E-state index is 0.102. The van der Waals surface area contributed by atoms with Crippen LogP contribution in [0.15, 0.2) is 48.5 Å². The van der Waals surface area contributed by atoms with Crippen LogP contribution in [0.4, 0.5) is 9.59 Å². The Labute approximate surface area is 217 Å². The lowest BCUT2D eigenvalue weighted by Crippen LogP contribution is -2.61. The predicted molar refractivity (Wildman–Crippen MR) is 137 cm³/mol. The quantitative estimate of drug-likeness (QED) is 0.632. The average molecular weight is 507 g/mol. The highest BCUT2D eigenvalue weighted by atomic mass is 16.6. The highest BCUT2D eigenvalue weighted by molar-refractivity contribution is 5.82. The Kier molecular flexibility index (Phi) is 6.60. The van der Waals surface area contributed by atoms with Crippen LogP contribution < -0.4 is 0 Å². The Hall–Kier alpha value is -3.55.